The molecule has 158 valence electrons. The molecule has 9 heteroatoms. The molecule has 0 fully saturated rings. The summed E-state index contributed by atoms with van der Waals surface area (Å²) in [5.74, 6) is 0.522. The Morgan fingerprint density at radius 3 is 2.34 bits per heavy atom. The molecule has 0 aliphatic heterocycles. The number of fused-ring (bicyclic) bond motifs is 1. The number of unbranched alkanes of at least 4 members (excludes halogenated alkanes) is 1. The molecule has 29 heavy (non-hydrogen) atoms. The van der Waals surface area contributed by atoms with Crippen LogP contribution in [0.3, 0.4) is 0 Å². The summed E-state index contributed by atoms with van der Waals surface area (Å²) in [5, 5.41) is 4.61. The quantitative estimate of drug-likeness (QED) is 0.537. The van der Waals surface area contributed by atoms with Gasteiger partial charge in [-0.2, -0.15) is 10.1 Å². The van der Waals surface area contributed by atoms with Crippen molar-refractivity contribution < 1.29 is 4.74 Å². The van der Waals surface area contributed by atoms with E-state index in [0.29, 0.717) is 43.4 Å². The van der Waals surface area contributed by atoms with E-state index in [1.54, 1.807) is 11.7 Å². The molecule has 0 saturated heterocycles. The Balaban J connectivity index is 2.34. The van der Waals surface area contributed by atoms with Crippen LogP contribution in [0.15, 0.2) is 9.59 Å². The molecule has 3 rings (SSSR count). The smallest absolute Gasteiger partial charge is 0.332 e. The highest BCUT2D eigenvalue weighted by Gasteiger charge is 2.23. The molecule has 0 amide bonds. The molecule has 3 aromatic rings. The van der Waals surface area contributed by atoms with Gasteiger partial charge in [-0.1, -0.05) is 13.3 Å². The van der Waals surface area contributed by atoms with Gasteiger partial charge in [-0.3, -0.25) is 13.9 Å². The maximum atomic E-state index is 13.3. The fraction of sp³-hybridized carbons (Fsp3) is 0.600. The minimum atomic E-state index is -0.346. The average Bonchev–Trinajstić information content (AvgIpc) is 3.19. The molecule has 0 radical (unpaired) electrons. The Hall–Kier alpha value is -2.68. The summed E-state index contributed by atoms with van der Waals surface area (Å²) in [4.78, 5) is 30.7. The first-order valence-electron chi connectivity index (χ1n) is 10.1. The van der Waals surface area contributed by atoms with Gasteiger partial charge in [0.2, 0.25) is 5.95 Å². The van der Waals surface area contributed by atoms with Crippen LogP contribution in [0.4, 0.5) is 0 Å². The first kappa shape index (κ1) is 21.0. The Bertz CT molecular complexity index is 1150. The minimum absolute atomic E-state index is 0.315. The number of hydrogen-bond acceptors (Lipinski definition) is 5. The summed E-state index contributed by atoms with van der Waals surface area (Å²) in [6.45, 7) is 11.7. The summed E-state index contributed by atoms with van der Waals surface area (Å²) in [6.07, 6.45) is 1.66. The molecule has 0 N–H and O–H groups in total. The van der Waals surface area contributed by atoms with Gasteiger partial charge in [0, 0.05) is 32.4 Å². The number of ether oxygens (including phenoxy) is 1. The third kappa shape index (κ3) is 3.55. The van der Waals surface area contributed by atoms with Crippen molar-refractivity contribution in [1.82, 2.24) is 28.5 Å². The second-order valence-corrected chi connectivity index (χ2v) is 7.29. The number of hydrogen-bond donors (Lipinski definition) is 0. The lowest BCUT2D eigenvalue weighted by Gasteiger charge is -2.11. The number of aryl methyl sites for hydroxylation is 2. The molecule has 0 atom stereocenters. The third-order valence-electron chi connectivity index (χ3n) is 5.45. The average molecular weight is 402 g/mol. The van der Waals surface area contributed by atoms with E-state index in [9.17, 15) is 9.59 Å². The van der Waals surface area contributed by atoms with E-state index < -0.39 is 0 Å². The van der Waals surface area contributed by atoms with Crippen molar-refractivity contribution in [3.8, 4) is 5.95 Å². The molecule has 0 saturated carbocycles. The van der Waals surface area contributed by atoms with Crippen molar-refractivity contribution in [2.45, 2.75) is 60.5 Å². The van der Waals surface area contributed by atoms with Gasteiger partial charge >= 0.3 is 5.69 Å². The van der Waals surface area contributed by atoms with Gasteiger partial charge in [0.05, 0.1) is 12.3 Å². The topological polar surface area (TPSA) is 88.9 Å². The molecular formula is C20H30N6O3. The molecule has 0 bridgehead atoms. The maximum absolute atomic E-state index is 13.3. The van der Waals surface area contributed by atoms with Crippen molar-refractivity contribution in [3.63, 3.8) is 0 Å². The first-order valence-corrected chi connectivity index (χ1v) is 10.1. The Morgan fingerprint density at radius 2 is 1.76 bits per heavy atom. The maximum Gasteiger partial charge on any atom is 0.332 e. The SMILES string of the molecule is CCCCn1c(=O)c2c(nc(-n3nc(C)c(C)c3C)n2CCOCC)n(C)c1=O. The van der Waals surface area contributed by atoms with Crippen molar-refractivity contribution >= 4 is 11.2 Å². The highest BCUT2D eigenvalue weighted by Crippen LogP contribution is 2.20. The molecule has 0 unspecified atom stereocenters. The second kappa shape index (κ2) is 8.36. The van der Waals surface area contributed by atoms with Crippen LogP contribution in [0.5, 0.6) is 0 Å². The van der Waals surface area contributed by atoms with Crippen LogP contribution in [0.1, 0.15) is 43.6 Å². The molecule has 3 aromatic heterocycles. The number of aromatic nitrogens is 6. The fourth-order valence-electron chi connectivity index (χ4n) is 3.46. The third-order valence-corrected chi connectivity index (χ3v) is 5.45. The van der Waals surface area contributed by atoms with Crippen LogP contribution < -0.4 is 11.2 Å². The summed E-state index contributed by atoms with van der Waals surface area (Å²) in [7, 11) is 1.66. The predicted molar refractivity (Wildman–Crippen MR) is 112 cm³/mol. The Kier molecular flexibility index (Phi) is 6.07. The normalized spacial score (nSPS) is 11.7. The Morgan fingerprint density at radius 1 is 1.03 bits per heavy atom. The van der Waals surface area contributed by atoms with Crippen LogP contribution in [0.2, 0.25) is 0 Å². The minimum Gasteiger partial charge on any atom is -0.380 e. The zero-order valence-electron chi connectivity index (χ0n) is 18.2. The largest absolute Gasteiger partial charge is 0.380 e. The summed E-state index contributed by atoms with van der Waals surface area (Å²) >= 11 is 0. The van der Waals surface area contributed by atoms with E-state index in [4.69, 9.17) is 4.74 Å². The van der Waals surface area contributed by atoms with Crippen LogP contribution >= 0.6 is 0 Å². The van der Waals surface area contributed by atoms with Crippen LogP contribution in [-0.2, 0) is 24.9 Å². The predicted octanol–water partition coefficient (Wildman–Crippen LogP) is 1.84. The van der Waals surface area contributed by atoms with Gasteiger partial charge in [-0.05, 0) is 39.7 Å². The van der Waals surface area contributed by atoms with E-state index in [1.807, 2.05) is 39.2 Å². The molecule has 3 heterocycles. The van der Waals surface area contributed by atoms with Crippen LogP contribution in [-0.4, -0.2) is 41.7 Å². The zero-order chi connectivity index (χ0) is 21.3. The van der Waals surface area contributed by atoms with Crippen LogP contribution in [0, 0.1) is 20.8 Å². The van der Waals surface area contributed by atoms with E-state index in [1.165, 1.54) is 9.13 Å². The van der Waals surface area contributed by atoms with Crippen molar-refractivity contribution in [1.29, 1.82) is 0 Å². The van der Waals surface area contributed by atoms with Gasteiger partial charge < -0.3 is 9.30 Å². The lowest BCUT2D eigenvalue weighted by molar-refractivity contribution is 0.139. The molecule has 0 aliphatic rings. The van der Waals surface area contributed by atoms with Gasteiger partial charge in [0.1, 0.15) is 0 Å². The lowest BCUT2D eigenvalue weighted by Crippen LogP contribution is -2.39. The van der Waals surface area contributed by atoms with E-state index in [0.717, 1.165) is 29.8 Å². The van der Waals surface area contributed by atoms with E-state index in [2.05, 4.69) is 10.1 Å². The summed E-state index contributed by atoms with van der Waals surface area (Å²) in [5.41, 5.74) is 3.04. The standard InChI is InChI=1S/C20H30N6O3/c1-7-9-10-25-18(27)16-17(23(6)20(25)28)21-19(24(16)11-12-29-8-2)26-15(5)13(3)14(4)22-26/h7-12H2,1-6H3. The summed E-state index contributed by atoms with van der Waals surface area (Å²) in [6, 6.07) is 0. The van der Waals surface area contributed by atoms with E-state index in [-0.39, 0.29) is 11.2 Å². The number of imidazole rings is 1. The fourth-order valence-corrected chi connectivity index (χ4v) is 3.46. The highest BCUT2D eigenvalue weighted by atomic mass is 16.5. The van der Waals surface area contributed by atoms with Crippen molar-refractivity contribution in [2.75, 3.05) is 13.2 Å². The highest BCUT2D eigenvalue weighted by molar-refractivity contribution is 5.72. The van der Waals surface area contributed by atoms with Gasteiger partial charge in [0.15, 0.2) is 11.2 Å². The molecule has 9 nitrogen and oxygen atoms in total. The van der Waals surface area contributed by atoms with Crippen LogP contribution in [0.25, 0.3) is 17.1 Å². The summed E-state index contributed by atoms with van der Waals surface area (Å²) < 4.78 is 11.9. The zero-order valence-corrected chi connectivity index (χ0v) is 18.2. The lowest BCUT2D eigenvalue weighted by atomic mass is 10.2. The van der Waals surface area contributed by atoms with Crippen molar-refractivity contribution in [3.05, 3.63) is 37.8 Å². The van der Waals surface area contributed by atoms with E-state index >= 15 is 0 Å². The molecule has 0 aliphatic carbocycles. The second-order valence-electron chi connectivity index (χ2n) is 7.29. The number of rotatable bonds is 8. The van der Waals surface area contributed by atoms with Gasteiger partial charge in [-0.25, -0.2) is 9.48 Å². The molecular weight excluding hydrogens is 372 g/mol. The van der Waals surface area contributed by atoms with Gasteiger partial charge in [-0.15, -0.1) is 0 Å². The monoisotopic (exact) mass is 402 g/mol. The van der Waals surface area contributed by atoms with Crippen molar-refractivity contribution in [2.24, 2.45) is 7.05 Å². The van der Waals surface area contributed by atoms with Gasteiger partial charge in [0.25, 0.3) is 5.56 Å². The number of nitrogens with zero attached hydrogens (tertiary/aromatic N) is 6. The Labute approximate surface area is 169 Å². The first-order chi connectivity index (χ1) is 13.8. The molecule has 0 aromatic carbocycles. The molecule has 0 spiro atoms.